The second kappa shape index (κ2) is 11.6. The summed E-state index contributed by atoms with van der Waals surface area (Å²) in [6.07, 6.45) is 0.0161. The molecule has 0 bridgehead atoms. The number of anilines is 3. The normalized spacial score (nSPS) is 14.7. The van der Waals surface area contributed by atoms with Gasteiger partial charge in [0.15, 0.2) is 6.61 Å². The second-order valence-corrected chi connectivity index (χ2v) is 9.01. The van der Waals surface area contributed by atoms with Crippen molar-refractivity contribution in [1.82, 2.24) is 0 Å². The van der Waals surface area contributed by atoms with Crippen LogP contribution in [0.5, 0.6) is 5.75 Å². The molecule has 1 fully saturated rings. The van der Waals surface area contributed by atoms with E-state index in [1.54, 1.807) is 60.5 Å². The average molecular weight is 516 g/mol. The summed E-state index contributed by atoms with van der Waals surface area (Å²) in [5.74, 6) is -1.81. The maximum absolute atomic E-state index is 12.8. The Morgan fingerprint density at radius 2 is 1.68 bits per heavy atom. The van der Waals surface area contributed by atoms with Crippen LogP contribution in [0.1, 0.15) is 27.9 Å². The Kier molecular flexibility index (Phi) is 8.06. The first-order valence-corrected chi connectivity index (χ1v) is 12.1. The summed E-state index contributed by atoms with van der Waals surface area (Å²) in [5.41, 5.74) is 3.88. The molecular formula is C29H29N3O6. The predicted molar refractivity (Wildman–Crippen MR) is 143 cm³/mol. The van der Waals surface area contributed by atoms with Gasteiger partial charge in [-0.2, -0.15) is 0 Å². The fraction of sp³-hybridized carbons (Fsp3) is 0.241. The molecule has 9 heteroatoms. The zero-order valence-electron chi connectivity index (χ0n) is 21.4. The number of carbonyl (C=O) groups excluding carboxylic acids is 4. The average Bonchev–Trinajstić information content (AvgIpc) is 3.31. The molecule has 38 heavy (non-hydrogen) atoms. The summed E-state index contributed by atoms with van der Waals surface area (Å²) < 4.78 is 10.3. The number of amides is 3. The van der Waals surface area contributed by atoms with Crippen molar-refractivity contribution in [3.05, 3.63) is 83.4 Å². The molecule has 1 saturated heterocycles. The number of methoxy groups -OCH3 is 1. The molecule has 2 N–H and O–H groups in total. The third-order valence-corrected chi connectivity index (χ3v) is 6.46. The fourth-order valence-electron chi connectivity index (χ4n) is 4.23. The van der Waals surface area contributed by atoms with E-state index in [0.717, 1.165) is 16.8 Å². The van der Waals surface area contributed by atoms with Crippen molar-refractivity contribution in [3.8, 4) is 5.75 Å². The molecule has 0 saturated carbocycles. The predicted octanol–water partition coefficient (Wildman–Crippen LogP) is 4.10. The summed E-state index contributed by atoms with van der Waals surface area (Å²) in [7, 11) is 1.55. The second-order valence-electron chi connectivity index (χ2n) is 9.01. The molecule has 0 radical (unpaired) electrons. The molecule has 1 aliphatic rings. The van der Waals surface area contributed by atoms with E-state index in [1.165, 1.54) is 0 Å². The van der Waals surface area contributed by atoms with Crippen LogP contribution < -0.4 is 20.3 Å². The van der Waals surface area contributed by atoms with Gasteiger partial charge in [-0.05, 0) is 67.4 Å². The molecule has 1 heterocycles. The molecule has 1 aliphatic heterocycles. The highest BCUT2D eigenvalue weighted by molar-refractivity contribution is 6.10. The minimum atomic E-state index is -0.669. The van der Waals surface area contributed by atoms with E-state index in [1.807, 2.05) is 32.0 Å². The molecule has 196 valence electrons. The third-order valence-electron chi connectivity index (χ3n) is 6.46. The van der Waals surface area contributed by atoms with Crippen LogP contribution in [0, 0.1) is 19.8 Å². The molecule has 0 aliphatic carbocycles. The molecule has 3 amide bonds. The standard InChI is InChI=1S/C29H29N3O6/c1-18-7-6-10-25(19(18)2)32-16-20(15-27(32)34)29(36)38-17-26(33)31-24-9-5-4-8-23(24)28(35)30-21-11-13-22(37-3)14-12-21/h4-14,20H,15-17H2,1-3H3,(H,30,35)(H,31,33)/t20-/m0/s1. The lowest BCUT2D eigenvalue weighted by Gasteiger charge is -2.20. The molecular weight excluding hydrogens is 486 g/mol. The molecule has 9 nitrogen and oxygen atoms in total. The van der Waals surface area contributed by atoms with Crippen LogP contribution in [0.15, 0.2) is 66.7 Å². The number of carbonyl (C=O) groups is 4. The van der Waals surface area contributed by atoms with Crippen LogP contribution >= 0.6 is 0 Å². The number of ether oxygens (including phenoxy) is 2. The lowest BCUT2D eigenvalue weighted by molar-refractivity contribution is -0.151. The summed E-state index contributed by atoms with van der Waals surface area (Å²) in [6, 6.07) is 19.0. The summed E-state index contributed by atoms with van der Waals surface area (Å²) in [6.45, 7) is 3.55. The van der Waals surface area contributed by atoms with Crippen LogP contribution in [-0.2, 0) is 19.1 Å². The quantitative estimate of drug-likeness (QED) is 0.437. The van der Waals surface area contributed by atoms with Crippen LogP contribution in [0.3, 0.4) is 0 Å². The Morgan fingerprint density at radius 1 is 0.947 bits per heavy atom. The van der Waals surface area contributed by atoms with Gasteiger partial charge in [0.25, 0.3) is 11.8 Å². The van der Waals surface area contributed by atoms with Gasteiger partial charge in [-0.15, -0.1) is 0 Å². The molecule has 1 atom stereocenters. The SMILES string of the molecule is COc1ccc(NC(=O)c2ccccc2NC(=O)COC(=O)[C@H]2CC(=O)N(c3cccc(C)c3C)C2)cc1. The van der Waals surface area contributed by atoms with Gasteiger partial charge in [0.1, 0.15) is 5.75 Å². The van der Waals surface area contributed by atoms with E-state index >= 15 is 0 Å². The number of nitrogens with one attached hydrogen (secondary N) is 2. The minimum Gasteiger partial charge on any atom is -0.497 e. The topological polar surface area (TPSA) is 114 Å². The molecule has 0 aromatic heterocycles. The number of esters is 1. The Balaban J connectivity index is 1.33. The Bertz CT molecular complexity index is 1370. The Labute approximate surface area is 220 Å². The van der Waals surface area contributed by atoms with Gasteiger partial charge < -0.3 is 25.0 Å². The van der Waals surface area contributed by atoms with Crippen molar-refractivity contribution in [2.24, 2.45) is 5.92 Å². The zero-order chi connectivity index (χ0) is 27.2. The maximum atomic E-state index is 12.8. The Hall–Kier alpha value is -4.66. The van der Waals surface area contributed by atoms with Crippen LogP contribution in [-0.4, -0.2) is 44.0 Å². The maximum Gasteiger partial charge on any atom is 0.311 e. The molecule has 3 aromatic rings. The smallest absolute Gasteiger partial charge is 0.311 e. The van der Waals surface area contributed by atoms with Crippen molar-refractivity contribution in [1.29, 1.82) is 0 Å². The van der Waals surface area contributed by atoms with Gasteiger partial charge in [-0.1, -0.05) is 24.3 Å². The summed E-state index contributed by atoms with van der Waals surface area (Å²) in [4.78, 5) is 52.2. The molecule has 3 aromatic carbocycles. The summed E-state index contributed by atoms with van der Waals surface area (Å²) >= 11 is 0. The minimum absolute atomic E-state index is 0.0161. The van der Waals surface area contributed by atoms with Gasteiger partial charge in [0.05, 0.1) is 24.3 Å². The Morgan fingerprint density at radius 3 is 2.42 bits per heavy atom. The van der Waals surface area contributed by atoms with Gasteiger partial charge in [-0.25, -0.2) is 0 Å². The van der Waals surface area contributed by atoms with Crippen molar-refractivity contribution in [2.75, 3.05) is 35.8 Å². The number of nitrogens with zero attached hydrogens (tertiary/aromatic N) is 1. The number of rotatable bonds is 8. The van der Waals surface area contributed by atoms with E-state index < -0.39 is 30.3 Å². The number of aryl methyl sites for hydroxylation is 1. The first kappa shape index (κ1) is 26.4. The van der Waals surface area contributed by atoms with E-state index in [-0.39, 0.29) is 30.1 Å². The zero-order valence-corrected chi connectivity index (χ0v) is 21.4. The van der Waals surface area contributed by atoms with Gasteiger partial charge >= 0.3 is 5.97 Å². The van der Waals surface area contributed by atoms with Crippen molar-refractivity contribution >= 4 is 40.8 Å². The third kappa shape index (κ3) is 6.00. The largest absolute Gasteiger partial charge is 0.497 e. The number of para-hydroxylation sites is 1. The molecule has 0 spiro atoms. The highest BCUT2D eigenvalue weighted by Crippen LogP contribution is 2.30. The lowest BCUT2D eigenvalue weighted by atomic mass is 10.1. The number of hydrogen-bond donors (Lipinski definition) is 2. The van der Waals surface area contributed by atoms with Crippen molar-refractivity contribution in [2.45, 2.75) is 20.3 Å². The van der Waals surface area contributed by atoms with E-state index in [4.69, 9.17) is 9.47 Å². The lowest BCUT2D eigenvalue weighted by Crippen LogP contribution is -2.29. The molecule has 0 unspecified atom stereocenters. The summed E-state index contributed by atoms with van der Waals surface area (Å²) in [5, 5.41) is 5.40. The van der Waals surface area contributed by atoms with E-state index in [9.17, 15) is 19.2 Å². The first-order chi connectivity index (χ1) is 18.3. The van der Waals surface area contributed by atoms with Crippen LogP contribution in [0.4, 0.5) is 17.1 Å². The number of benzene rings is 3. The van der Waals surface area contributed by atoms with Crippen molar-refractivity contribution < 1.29 is 28.7 Å². The fourth-order valence-corrected chi connectivity index (χ4v) is 4.23. The van der Waals surface area contributed by atoms with Gasteiger partial charge in [0, 0.05) is 24.3 Å². The van der Waals surface area contributed by atoms with Gasteiger partial charge in [0.2, 0.25) is 5.91 Å². The highest BCUT2D eigenvalue weighted by Gasteiger charge is 2.37. The highest BCUT2D eigenvalue weighted by atomic mass is 16.5. The first-order valence-electron chi connectivity index (χ1n) is 12.1. The van der Waals surface area contributed by atoms with Crippen molar-refractivity contribution in [3.63, 3.8) is 0 Å². The monoisotopic (exact) mass is 515 g/mol. The van der Waals surface area contributed by atoms with Gasteiger partial charge in [-0.3, -0.25) is 19.2 Å². The molecule has 4 rings (SSSR count). The van der Waals surface area contributed by atoms with Crippen LogP contribution in [0.2, 0.25) is 0 Å². The number of hydrogen-bond acceptors (Lipinski definition) is 6. The van der Waals surface area contributed by atoms with Crippen LogP contribution in [0.25, 0.3) is 0 Å². The van der Waals surface area contributed by atoms with E-state index in [0.29, 0.717) is 11.4 Å². The van der Waals surface area contributed by atoms with E-state index in [2.05, 4.69) is 10.6 Å².